The highest BCUT2D eigenvalue weighted by molar-refractivity contribution is 7.46. The van der Waals surface area contributed by atoms with E-state index in [2.05, 4.69) is 19.5 Å². The first-order valence-corrected chi connectivity index (χ1v) is 9.27. The standard InChI is InChI=1S/C12H15ClN5O6P/c13-11-16-9(14)5-10(17-11)18(3-15-5)6-4-1-12(4,8(20)7(6)19)2-24-25(21,22)23/h3-4,6-8,19-20H,1-2H2,(H2,14,16,17)(H2,21,22,23)/t4-,6-,7+,8+,12-/m1/s1. The van der Waals surface area contributed by atoms with Crippen LogP contribution in [-0.2, 0) is 9.09 Å². The summed E-state index contributed by atoms with van der Waals surface area (Å²) in [6, 6.07) is -0.606. The van der Waals surface area contributed by atoms with Gasteiger partial charge in [0.25, 0.3) is 0 Å². The van der Waals surface area contributed by atoms with Crippen molar-refractivity contribution < 1.29 is 29.1 Å². The number of nitrogen functional groups attached to an aromatic ring is 1. The molecule has 2 heterocycles. The minimum atomic E-state index is -4.68. The molecule has 136 valence electrons. The number of phosphoric acid groups is 1. The van der Waals surface area contributed by atoms with Gasteiger partial charge in [-0.15, -0.1) is 0 Å². The Hall–Kier alpha value is -1.33. The van der Waals surface area contributed by atoms with E-state index in [1.54, 1.807) is 4.57 Å². The fourth-order valence-electron chi connectivity index (χ4n) is 3.86. The van der Waals surface area contributed by atoms with Crippen LogP contribution in [0.4, 0.5) is 5.82 Å². The van der Waals surface area contributed by atoms with Crippen LogP contribution in [0.25, 0.3) is 11.2 Å². The Balaban J connectivity index is 1.70. The molecule has 0 unspecified atom stereocenters. The lowest BCUT2D eigenvalue weighted by Gasteiger charge is -2.24. The van der Waals surface area contributed by atoms with Crippen molar-refractivity contribution in [3.63, 3.8) is 0 Å². The summed E-state index contributed by atoms with van der Waals surface area (Å²) >= 11 is 5.84. The zero-order valence-corrected chi connectivity index (χ0v) is 14.2. The largest absolute Gasteiger partial charge is 0.469 e. The van der Waals surface area contributed by atoms with E-state index in [1.165, 1.54) is 6.33 Å². The van der Waals surface area contributed by atoms with Crippen LogP contribution < -0.4 is 5.73 Å². The molecule has 2 aliphatic carbocycles. The Morgan fingerprint density at radius 1 is 1.44 bits per heavy atom. The quantitative estimate of drug-likeness (QED) is 0.335. The molecule has 0 aromatic carbocycles. The number of nitrogens with zero attached hydrogens (tertiary/aromatic N) is 4. The van der Waals surface area contributed by atoms with E-state index in [0.717, 1.165) is 0 Å². The number of aliphatic hydroxyl groups excluding tert-OH is 2. The number of hydrogen-bond donors (Lipinski definition) is 5. The van der Waals surface area contributed by atoms with Gasteiger partial charge in [-0.2, -0.15) is 9.97 Å². The molecule has 0 spiro atoms. The molecule has 4 rings (SSSR count). The van der Waals surface area contributed by atoms with Crippen LogP contribution in [0.3, 0.4) is 0 Å². The first kappa shape index (κ1) is 17.1. The minimum Gasteiger partial charge on any atom is -0.390 e. The third-order valence-corrected chi connectivity index (χ3v) is 5.73. The van der Waals surface area contributed by atoms with Crippen LogP contribution in [0, 0.1) is 11.3 Å². The summed E-state index contributed by atoms with van der Waals surface area (Å²) in [4.78, 5) is 29.8. The van der Waals surface area contributed by atoms with Crippen molar-refractivity contribution in [2.75, 3.05) is 12.3 Å². The first-order chi connectivity index (χ1) is 11.6. The SMILES string of the molecule is Nc1nc(Cl)nc2c1ncn2[C@H]1[C@H](O)[C@H](O)[C@@]2(COP(=O)(O)O)C[C@H]12. The predicted molar refractivity (Wildman–Crippen MR) is 84.3 cm³/mol. The minimum absolute atomic E-state index is 0.0771. The Morgan fingerprint density at radius 3 is 2.84 bits per heavy atom. The molecule has 2 aromatic heterocycles. The number of aromatic nitrogens is 4. The Bertz CT molecular complexity index is 903. The molecule has 0 bridgehead atoms. The highest BCUT2D eigenvalue weighted by Gasteiger charge is 2.72. The molecular formula is C12H15ClN5O6P. The molecule has 11 nitrogen and oxygen atoms in total. The first-order valence-electron chi connectivity index (χ1n) is 7.36. The summed E-state index contributed by atoms with van der Waals surface area (Å²) < 4.78 is 17.1. The van der Waals surface area contributed by atoms with Crippen LogP contribution in [0.5, 0.6) is 0 Å². The van der Waals surface area contributed by atoms with E-state index in [9.17, 15) is 14.8 Å². The maximum absolute atomic E-state index is 11.0. The van der Waals surface area contributed by atoms with Crippen molar-refractivity contribution in [3.8, 4) is 0 Å². The summed E-state index contributed by atoms with van der Waals surface area (Å²) in [6.07, 6.45) is -0.540. The molecule has 0 amide bonds. The van der Waals surface area contributed by atoms with Gasteiger partial charge in [-0.1, -0.05) is 0 Å². The average Bonchev–Trinajstić information content (AvgIpc) is 3.01. The third kappa shape index (κ3) is 2.55. The second kappa shape index (κ2) is 5.34. The maximum atomic E-state index is 11.0. The van der Waals surface area contributed by atoms with Crippen LogP contribution in [0.1, 0.15) is 12.5 Å². The van der Waals surface area contributed by atoms with Gasteiger partial charge in [-0.25, -0.2) is 9.55 Å². The van der Waals surface area contributed by atoms with Crippen LogP contribution in [0.2, 0.25) is 5.28 Å². The normalized spacial score (nSPS) is 34.4. The molecule has 25 heavy (non-hydrogen) atoms. The lowest BCUT2D eigenvalue weighted by Crippen LogP contribution is -2.35. The molecule has 0 radical (unpaired) electrons. The van der Waals surface area contributed by atoms with Crippen molar-refractivity contribution in [2.24, 2.45) is 11.3 Å². The number of imidazole rings is 1. The van der Waals surface area contributed by atoms with Gasteiger partial charge in [-0.05, 0) is 23.9 Å². The Kier molecular flexibility index (Phi) is 3.65. The number of anilines is 1. The summed E-state index contributed by atoms with van der Waals surface area (Å²) in [5.74, 6) is -0.176. The Morgan fingerprint density at radius 2 is 2.16 bits per heavy atom. The van der Waals surface area contributed by atoms with Gasteiger partial charge in [0.05, 0.1) is 25.1 Å². The third-order valence-electron chi connectivity index (χ3n) is 5.10. The number of aliphatic hydroxyl groups is 2. The number of rotatable bonds is 4. The van der Waals surface area contributed by atoms with E-state index in [1.807, 2.05) is 0 Å². The highest BCUT2D eigenvalue weighted by atomic mass is 35.5. The molecule has 2 aromatic rings. The fraction of sp³-hybridized carbons (Fsp3) is 0.583. The van der Waals surface area contributed by atoms with Gasteiger partial charge in [0.15, 0.2) is 11.5 Å². The molecule has 0 aliphatic heterocycles. The maximum Gasteiger partial charge on any atom is 0.469 e. The monoisotopic (exact) mass is 391 g/mol. The number of halogens is 1. The van der Waals surface area contributed by atoms with Crippen LogP contribution in [0.15, 0.2) is 6.33 Å². The summed E-state index contributed by atoms with van der Waals surface area (Å²) in [5, 5.41) is 20.8. The van der Waals surface area contributed by atoms with Crippen molar-refractivity contribution in [1.82, 2.24) is 19.5 Å². The van der Waals surface area contributed by atoms with Crippen LogP contribution >= 0.6 is 19.4 Å². The topological polar surface area (TPSA) is 177 Å². The van der Waals surface area contributed by atoms with Crippen molar-refractivity contribution in [2.45, 2.75) is 24.7 Å². The smallest absolute Gasteiger partial charge is 0.390 e. The molecular weight excluding hydrogens is 377 g/mol. The van der Waals surface area contributed by atoms with Crippen molar-refractivity contribution >= 4 is 36.4 Å². The van der Waals surface area contributed by atoms with Crippen molar-refractivity contribution in [3.05, 3.63) is 11.6 Å². The van der Waals surface area contributed by atoms with Crippen molar-refractivity contribution in [1.29, 1.82) is 0 Å². The number of fused-ring (bicyclic) bond motifs is 2. The van der Waals surface area contributed by atoms with E-state index in [4.69, 9.17) is 27.1 Å². The number of nitrogens with two attached hydrogens (primary N) is 1. The van der Waals surface area contributed by atoms with Gasteiger partial charge < -0.3 is 30.3 Å². The van der Waals surface area contributed by atoms with Gasteiger partial charge >= 0.3 is 7.82 Å². The summed E-state index contributed by atoms with van der Waals surface area (Å²) in [5.41, 5.74) is 5.47. The fourth-order valence-corrected chi connectivity index (χ4v) is 4.44. The van der Waals surface area contributed by atoms with E-state index >= 15 is 0 Å². The molecule has 13 heteroatoms. The van der Waals surface area contributed by atoms with E-state index in [0.29, 0.717) is 17.6 Å². The summed E-state index contributed by atoms with van der Waals surface area (Å²) in [7, 11) is -4.68. The van der Waals surface area contributed by atoms with E-state index in [-0.39, 0.29) is 23.6 Å². The molecule has 0 saturated heterocycles. The molecule has 2 saturated carbocycles. The number of phosphoric ester groups is 1. The summed E-state index contributed by atoms with van der Waals surface area (Å²) in [6.45, 7) is -0.360. The second-order valence-corrected chi connectivity index (χ2v) is 8.01. The highest BCUT2D eigenvalue weighted by Crippen LogP contribution is 2.68. The van der Waals surface area contributed by atoms with Gasteiger partial charge in [0, 0.05) is 5.41 Å². The van der Waals surface area contributed by atoms with Gasteiger partial charge in [0.1, 0.15) is 11.6 Å². The lowest BCUT2D eigenvalue weighted by molar-refractivity contribution is -0.0297. The molecule has 2 aliphatic rings. The van der Waals surface area contributed by atoms with Gasteiger partial charge in [0.2, 0.25) is 5.28 Å². The predicted octanol–water partition coefficient (Wildman–Crippen LogP) is -0.546. The van der Waals surface area contributed by atoms with Crippen LogP contribution in [-0.4, -0.2) is 58.3 Å². The second-order valence-electron chi connectivity index (χ2n) is 6.44. The zero-order chi connectivity index (χ0) is 18.1. The Labute approximate surface area is 145 Å². The zero-order valence-electron chi connectivity index (χ0n) is 12.6. The van der Waals surface area contributed by atoms with Gasteiger partial charge in [-0.3, -0.25) is 4.52 Å². The van der Waals surface area contributed by atoms with E-state index < -0.39 is 31.5 Å². The molecule has 2 fully saturated rings. The molecule has 6 N–H and O–H groups in total. The molecule has 5 atom stereocenters. The number of hydrogen-bond acceptors (Lipinski definition) is 8. The lowest BCUT2D eigenvalue weighted by atomic mass is 10.0. The average molecular weight is 392 g/mol.